The van der Waals surface area contributed by atoms with Gasteiger partial charge in [-0.1, -0.05) is 112 Å². The molecule has 0 saturated carbocycles. The van der Waals surface area contributed by atoms with Crippen LogP contribution in [-0.4, -0.2) is 0 Å². The summed E-state index contributed by atoms with van der Waals surface area (Å²) in [5, 5.41) is 0. The summed E-state index contributed by atoms with van der Waals surface area (Å²) in [4.78, 5) is 0. The lowest BCUT2D eigenvalue weighted by molar-refractivity contribution is 0.341. The van der Waals surface area contributed by atoms with Gasteiger partial charge in [0.15, 0.2) is 0 Å². The number of benzene rings is 1. The van der Waals surface area contributed by atoms with Crippen LogP contribution in [0.25, 0.3) is 0 Å². The maximum absolute atomic E-state index is 2.38. The SMILES string of the molecule is CC1=C(C2=CC=CCC2C)CC(C(C)C)CC1.CCC1C=C(C)C=CC1.CCc1cccc(C)c1. The van der Waals surface area contributed by atoms with E-state index < -0.39 is 0 Å². The minimum Gasteiger partial charge on any atom is -0.0839 e. The van der Waals surface area contributed by atoms with Crippen LogP contribution < -0.4 is 0 Å². The summed E-state index contributed by atoms with van der Waals surface area (Å²) in [7, 11) is 0. The van der Waals surface area contributed by atoms with Crippen LogP contribution in [0, 0.1) is 30.6 Å². The van der Waals surface area contributed by atoms with E-state index in [1.54, 1.807) is 16.7 Å². The largest absolute Gasteiger partial charge is 0.0839 e. The first-order chi connectivity index (χ1) is 16.7. The molecule has 0 heteroatoms. The van der Waals surface area contributed by atoms with Crippen LogP contribution in [0.15, 0.2) is 83.0 Å². The van der Waals surface area contributed by atoms with E-state index >= 15 is 0 Å². The molecule has 0 amide bonds. The highest BCUT2D eigenvalue weighted by Gasteiger charge is 2.25. The Hall–Kier alpha value is -2.08. The van der Waals surface area contributed by atoms with Crippen molar-refractivity contribution in [3.05, 3.63) is 94.1 Å². The maximum Gasteiger partial charge on any atom is -0.0153 e. The lowest BCUT2D eigenvalue weighted by Gasteiger charge is -2.32. The smallest absolute Gasteiger partial charge is 0.0153 e. The first-order valence-electron chi connectivity index (χ1n) is 14.2. The normalized spacial score (nSPS) is 23.6. The Kier molecular flexibility index (Phi) is 12.6. The molecule has 3 unspecified atom stereocenters. The van der Waals surface area contributed by atoms with E-state index in [9.17, 15) is 0 Å². The summed E-state index contributed by atoms with van der Waals surface area (Å²) in [5.74, 6) is 3.26. The minimum atomic E-state index is 0.718. The van der Waals surface area contributed by atoms with Crippen molar-refractivity contribution in [3.8, 4) is 0 Å². The van der Waals surface area contributed by atoms with Gasteiger partial charge in [-0.2, -0.15) is 0 Å². The number of aryl methyl sites for hydroxylation is 2. The summed E-state index contributed by atoms with van der Waals surface area (Å²) >= 11 is 0. The predicted molar refractivity (Wildman–Crippen MR) is 158 cm³/mol. The highest BCUT2D eigenvalue weighted by molar-refractivity contribution is 5.41. The zero-order valence-electron chi connectivity index (χ0n) is 24.0. The van der Waals surface area contributed by atoms with Crippen molar-refractivity contribution in [1.29, 1.82) is 0 Å². The van der Waals surface area contributed by atoms with E-state index in [1.807, 2.05) is 0 Å². The number of allylic oxidation sites excluding steroid dienone is 10. The van der Waals surface area contributed by atoms with Crippen LogP contribution in [0.4, 0.5) is 0 Å². The Bertz CT molecular complexity index is 931. The molecule has 0 spiro atoms. The van der Waals surface area contributed by atoms with E-state index in [4.69, 9.17) is 0 Å². The third-order valence-electron chi connectivity index (χ3n) is 7.93. The van der Waals surface area contributed by atoms with Gasteiger partial charge in [-0.3, -0.25) is 0 Å². The zero-order chi connectivity index (χ0) is 25.8. The Morgan fingerprint density at radius 2 is 1.77 bits per heavy atom. The van der Waals surface area contributed by atoms with Crippen LogP contribution in [0.3, 0.4) is 0 Å². The molecule has 0 fully saturated rings. The fraction of sp³-hybridized carbons (Fsp3) is 0.543. The minimum absolute atomic E-state index is 0.718. The zero-order valence-corrected chi connectivity index (χ0v) is 24.0. The van der Waals surface area contributed by atoms with Crippen molar-refractivity contribution in [2.24, 2.45) is 23.7 Å². The molecular formula is C35H52. The van der Waals surface area contributed by atoms with Crippen LogP contribution >= 0.6 is 0 Å². The molecule has 1 aromatic rings. The summed E-state index contributed by atoms with van der Waals surface area (Å²) in [6.07, 6.45) is 22.6. The van der Waals surface area contributed by atoms with Crippen molar-refractivity contribution >= 4 is 0 Å². The monoisotopic (exact) mass is 472 g/mol. The van der Waals surface area contributed by atoms with Gasteiger partial charge in [-0.05, 0) is 106 Å². The van der Waals surface area contributed by atoms with Gasteiger partial charge in [0.05, 0.1) is 0 Å². The first-order valence-corrected chi connectivity index (χ1v) is 14.2. The maximum atomic E-state index is 2.38. The van der Waals surface area contributed by atoms with Gasteiger partial charge < -0.3 is 0 Å². The summed E-state index contributed by atoms with van der Waals surface area (Å²) in [5.41, 5.74) is 9.16. The molecule has 0 nitrogen and oxygen atoms in total. The molecule has 0 N–H and O–H groups in total. The van der Waals surface area contributed by atoms with Gasteiger partial charge >= 0.3 is 0 Å². The average Bonchev–Trinajstić information content (AvgIpc) is 2.85. The van der Waals surface area contributed by atoms with E-state index in [2.05, 4.69) is 116 Å². The van der Waals surface area contributed by atoms with Gasteiger partial charge in [0.25, 0.3) is 0 Å². The Labute approximate surface area is 218 Å². The fourth-order valence-electron chi connectivity index (χ4n) is 5.31. The van der Waals surface area contributed by atoms with E-state index in [1.165, 1.54) is 55.2 Å². The van der Waals surface area contributed by atoms with Crippen LogP contribution in [0.5, 0.6) is 0 Å². The van der Waals surface area contributed by atoms with Gasteiger partial charge in [0.2, 0.25) is 0 Å². The molecule has 35 heavy (non-hydrogen) atoms. The lowest BCUT2D eigenvalue weighted by Crippen LogP contribution is -2.18. The molecule has 0 heterocycles. The molecule has 0 saturated heterocycles. The average molecular weight is 473 g/mol. The van der Waals surface area contributed by atoms with Crippen molar-refractivity contribution in [3.63, 3.8) is 0 Å². The number of rotatable bonds is 4. The second-order valence-corrected chi connectivity index (χ2v) is 11.3. The Morgan fingerprint density at radius 1 is 1.00 bits per heavy atom. The van der Waals surface area contributed by atoms with E-state index in [0.717, 1.165) is 30.1 Å². The standard InChI is InChI=1S/C17H26.C9H14.C9H12/c1-12(2)15-10-9-14(4)17(11-15)16-8-6-5-7-13(16)3;2*1-3-9-6-4-5-8(2)7-9/h5-6,8,12-13,15H,7,9-11H2,1-4H3;4-5,7,9H,3,6H2,1-2H3;4-7H,3H2,1-2H3. The molecule has 0 aromatic heterocycles. The Balaban J connectivity index is 0.000000203. The second kappa shape index (κ2) is 15.1. The third-order valence-corrected chi connectivity index (χ3v) is 7.93. The molecule has 0 radical (unpaired) electrons. The quantitative estimate of drug-likeness (QED) is 0.409. The van der Waals surface area contributed by atoms with Crippen LogP contribution in [0.2, 0.25) is 0 Å². The molecule has 192 valence electrons. The van der Waals surface area contributed by atoms with E-state index in [-0.39, 0.29) is 0 Å². The van der Waals surface area contributed by atoms with Crippen LogP contribution in [-0.2, 0) is 6.42 Å². The molecule has 4 rings (SSSR count). The number of hydrogen-bond acceptors (Lipinski definition) is 0. The van der Waals surface area contributed by atoms with Gasteiger partial charge in [-0.25, -0.2) is 0 Å². The van der Waals surface area contributed by atoms with E-state index in [0.29, 0.717) is 0 Å². The van der Waals surface area contributed by atoms with Crippen molar-refractivity contribution in [2.75, 3.05) is 0 Å². The first kappa shape index (κ1) is 29.2. The molecule has 0 aliphatic heterocycles. The third kappa shape index (κ3) is 9.83. The molecule has 3 atom stereocenters. The summed E-state index contributed by atoms with van der Waals surface area (Å²) in [6, 6.07) is 8.61. The summed E-state index contributed by atoms with van der Waals surface area (Å²) < 4.78 is 0. The predicted octanol–water partition coefficient (Wildman–Crippen LogP) is 10.8. The highest BCUT2D eigenvalue weighted by atomic mass is 14.3. The van der Waals surface area contributed by atoms with Gasteiger partial charge in [0, 0.05) is 0 Å². The van der Waals surface area contributed by atoms with Crippen molar-refractivity contribution < 1.29 is 0 Å². The molecule has 3 aliphatic carbocycles. The van der Waals surface area contributed by atoms with Gasteiger partial charge in [-0.15, -0.1) is 0 Å². The fourth-order valence-corrected chi connectivity index (χ4v) is 5.31. The second-order valence-electron chi connectivity index (χ2n) is 11.3. The number of hydrogen-bond donors (Lipinski definition) is 0. The van der Waals surface area contributed by atoms with Crippen molar-refractivity contribution in [1.82, 2.24) is 0 Å². The molecule has 0 bridgehead atoms. The molecule has 1 aromatic carbocycles. The van der Waals surface area contributed by atoms with Crippen LogP contribution in [0.1, 0.15) is 98.1 Å². The topological polar surface area (TPSA) is 0 Å². The van der Waals surface area contributed by atoms with Gasteiger partial charge in [0.1, 0.15) is 0 Å². The Morgan fingerprint density at radius 3 is 2.31 bits per heavy atom. The lowest BCUT2D eigenvalue weighted by atomic mass is 9.73. The summed E-state index contributed by atoms with van der Waals surface area (Å²) in [6.45, 7) is 18.2. The molecular weight excluding hydrogens is 420 g/mol. The molecule has 3 aliphatic rings. The van der Waals surface area contributed by atoms with Crippen molar-refractivity contribution in [2.45, 2.75) is 100 Å². The highest BCUT2D eigenvalue weighted by Crippen LogP contribution is 2.40.